The number of non-ortho nitro benzene ring substituents is 1. The zero-order chi connectivity index (χ0) is 25.6. The van der Waals surface area contributed by atoms with Crippen LogP contribution in [-0.2, 0) is 4.79 Å². The summed E-state index contributed by atoms with van der Waals surface area (Å²) in [4.78, 5) is 53.0. The van der Waals surface area contributed by atoms with Gasteiger partial charge in [-0.05, 0) is 55.0 Å². The first-order chi connectivity index (χ1) is 17.3. The largest absolute Gasteiger partial charge is 0.497 e. The summed E-state index contributed by atoms with van der Waals surface area (Å²) in [6.07, 6.45) is 0. The van der Waals surface area contributed by atoms with E-state index < -0.39 is 34.7 Å². The van der Waals surface area contributed by atoms with Crippen molar-refractivity contribution >= 4 is 29.1 Å². The predicted octanol–water partition coefficient (Wildman–Crippen LogP) is 3.75. The van der Waals surface area contributed by atoms with Gasteiger partial charge in [0.2, 0.25) is 0 Å². The number of ether oxygens (including phenoxy) is 2. The van der Waals surface area contributed by atoms with Crippen LogP contribution in [0.4, 0.5) is 11.4 Å². The number of nitro groups is 1. The summed E-state index contributed by atoms with van der Waals surface area (Å²) in [6, 6.07) is 15.7. The Morgan fingerprint density at radius 2 is 1.47 bits per heavy atom. The van der Waals surface area contributed by atoms with Gasteiger partial charge in [-0.3, -0.25) is 29.4 Å². The van der Waals surface area contributed by atoms with E-state index in [1.54, 1.807) is 48.5 Å². The number of β-lactam (4-membered cyclic amide) rings is 1. The van der Waals surface area contributed by atoms with Crippen LogP contribution in [0.3, 0.4) is 0 Å². The van der Waals surface area contributed by atoms with Gasteiger partial charge in [-0.1, -0.05) is 12.1 Å². The normalized spacial score (nSPS) is 18.7. The maximum atomic E-state index is 13.5. The minimum atomic E-state index is -1.11. The lowest BCUT2D eigenvalue weighted by Crippen LogP contribution is -2.67. The van der Waals surface area contributed by atoms with Gasteiger partial charge in [0, 0.05) is 17.8 Å². The van der Waals surface area contributed by atoms with E-state index in [-0.39, 0.29) is 16.8 Å². The van der Waals surface area contributed by atoms with Crippen molar-refractivity contribution < 1.29 is 28.8 Å². The number of rotatable bonds is 7. The first kappa shape index (κ1) is 23.0. The van der Waals surface area contributed by atoms with Crippen molar-refractivity contribution in [2.75, 3.05) is 18.6 Å². The van der Waals surface area contributed by atoms with Crippen LogP contribution in [0, 0.1) is 10.1 Å². The number of amides is 3. The van der Waals surface area contributed by atoms with Crippen molar-refractivity contribution in [1.82, 2.24) is 4.90 Å². The Morgan fingerprint density at radius 3 is 2.08 bits per heavy atom. The summed E-state index contributed by atoms with van der Waals surface area (Å²) < 4.78 is 10.7. The molecule has 36 heavy (non-hydrogen) atoms. The zero-order valence-corrected chi connectivity index (χ0v) is 19.4. The first-order valence-electron chi connectivity index (χ1n) is 11.2. The average Bonchev–Trinajstić information content (AvgIpc) is 3.13. The van der Waals surface area contributed by atoms with Gasteiger partial charge in [-0.15, -0.1) is 0 Å². The summed E-state index contributed by atoms with van der Waals surface area (Å²) in [5.41, 5.74) is 0.909. The summed E-state index contributed by atoms with van der Waals surface area (Å²) in [7, 11) is 1.54. The standard InChI is InChI=1S/C26H21N3O7/c1-3-36-19-9-4-15(5-10-19)22-23(26(32)27(22)16-6-11-18(35-2)12-7-16)28-24(30)20-13-8-17(29(33)34)14-21(20)25(28)31/h4-14,22-23H,3H2,1-2H3/t22-,23+/m1/s1. The van der Waals surface area contributed by atoms with Crippen LogP contribution in [-0.4, -0.2) is 47.3 Å². The lowest BCUT2D eigenvalue weighted by atomic mass is 9.86. The molecule has 3 aromatic carbocycles. The highest BCUT2D eigenvalue weighted by Gasteiger charge is 2.57. The van der Waals surface area contributed by atoms with Crippen molar-refractivity contribution in [2.45, 2.75) is 19.0 Å². The number of methoxy groups -OCH3 is 1. The Kier molecular flexibility index (Phi) is 5.63. The summed E-state index contributed by atoms with van der Waals surface area (Å²) >= 11 is 0. The van der Waals surface area contributed by atoms with Crippen LogP contribution in [0.15, 0.2) is 66.7 Å². The van der Waals surface area contributed by atoms with Gasteiger partial charge in [0.25, 0.3) is 23.4 Å². The SMILES string of the molecule is CCOc1ccc([C@@H]2[C@H](N3C(=O)c4ccc([N+](=O)[O-])cc4C3=O)C(=O)N2c2ccc(OC)cc2)cc1. The van der Waals surface area contributed by atoms with E-state index in [4.69, 9.17) is 9.47 Å². The molecule has 0 aliphatic carbocycles. The molecule has 10 heteroatoms. The number of nitro benzene ring substituents is 1. The van der Waals surface area contributed by atoms with E-state index in [9.17, 15) is 24.5 Å². The second-order valence-corrected chi connectivity index (χ2v) is 8.27. The van der Waals surface area contributed by atoms with Crippen molar-refractivity contribution in [1.29, 1.82) is 0 Å². The fourth-order valence-electron chi connectivity index (χ4n) is 4.63. The van der Waals surface area contributed by atoms with E-state index in [1.165, 1.54) is 24.1 Å². The van der Waals surface area contributed by atoms with Gasteiger partial charge < -0.3 is 14.4 Å². The Bertz CT molecular complexity index is 1390. The third kappa shape index (κ3) is 3.54. The van der Waals surface area contributed by atoms with Crippen LogP contribution in [0.1, 0.15) is 39.2 Å². The predicted molar refractivity (Wildman–Crippen MR) is 128 cm³/mol. The van der Waals surface area contributed by atoms with Crippen LogP contribution < -0.4 is 14.4 Å². The van der Waals surface area contributed by atoms with Crippen LogP contribution in [0.25, 0.3) is 0 Å². The molecule has 10 nitrogen and oxygen atoms in total. The Hall–Kier alpha value is -4.73. The number of nitrogens with zero attached hydrogens (tertiary/aromatic N) is 3. The highest BCUT2D eigenvalue weighted by atomic mass is 16.6. The minimum absolute atomic E-state index is 0.0340. The molecule has 182 valence electrons. The fourth-order valence-corrected chi connectivity index (χ4v) is 4.63. The number of benzene rings is 3. The van der Waals surface area contributed by atoms with E-state index in [1.807, 2.05) is 6.92 Å². The molecule has 0 unspecified atom stereocenters. The molecule has 3 amide bonds. The van der Waals surface area contributed by atoms with Gasteiger partial charge >= 0.3 is 0 Å². The van der Waals surface area contributed by atoms with Gasteiger partial charge in [0.05, 0.1) is 35.8 Å². The Morgan fingerprint density at radius 1 is 0.833 bits per heavy atom. The molecule has 0 spiro atoms. The molecular weight excluding hydrogens is 466 g/mol. The maximum Gasteiger partial charge on any atom is 0.270 e. The van der Waals surface area contributed by atoms with Crippen LogP contribution in [0.5, 0.6) is 11.5 Å². The molecule has 2 atom stereocenters. The average molecular weight is 487 g/mol. The molecule has 2 heterocycles. The minimum Gasteiger partial charge on any atom is -0.497 e. The lowest BCUT2D eigenvalue weighted by molar-refractivity contribution is -0.384. The maximum absolute atomic E-state index is 13.5. The van der Waals surface area contributed by atoms with Crippen molar-refractivity contribution in [3.05, 3.63) is 93.5 Å². The second-order valence-electron chi connectivity index (χ2n) is 8.27. The van der Waals surface area contributed by atoms with Crippen molar-refractivity contribution in [3.8, 4) is 11.5 Å². The third-order valence-corrected chi connectivity index (χ3v) is 6.34. The molecule has 3 aromatic rings. The second kappa shape index (κ2) is 8.81. The first-order valence-corrected chi connectivity index (χ1v) is 11.2. The Labute approximate surface area is 205 Å². The van der Waals surface area contributed by atoms with Crippen LogP contribution >= 0.6 is 0 Å². The highest BCUT2D eigenvalue weighted by Crippen LogP contribution is 2.45. The van der Waals surface area contributed by atoms with E-state index in [0.29, 0.717) is 29.4 Å². The summed E-state index contributed by atoms with van der Waals surface area (Å²) in [6.45, 7) is 2.36. The molecule has 0 N–H and O–H groups in total. The molecule has 0 saturated carbocycles. The van der Waals surface area contributed by atoms with Crippen LogP contribution in [0.2, 0.25) is 0 Å². The lowest BCUT2D eigenvalue weighted by Gasteiger charge is -2.49. The number of carbonyl (C=O) groups excluding carboxylic acids is 3. The van der Waals surface area contributed by atoms with E-state index >= 15 is 0 Å². The van der Waals surface area contributed by atoms with Gasteiger partial charge in [-0.25, -0.2) is 0 Å². The molecular formula is C26H21N3O7. The summed E-state index contributed by atoms with van der Waals surface area (Å²) in [5, 5.41) is 11.2. The number of anilines is 1. The molecule has 0 bridgehead atoms. The van der Waals surface area contributed by atoms with Gasteiger partial charge in [-0.2, -0.15) is 0 Å². The molecule has 5 rings (SSSR count). The van der Waals surface area contributed by atoms with E-state index in [2.05, 4.69) is 0 Å². The summed E-state index contributed by atoms with van der Waals surface area (Å²) in [5.74, 6) is -0.575. The number of hydrogen-bond donors (Lipinski definition) is 0. The van der Waals surface area contributed by atoms with E-state index in [0.717, 1.165) is 11.0 Å². The molecule has 0 aromatic heterocycles. The molecule has 1 fully saturated rings. The number of hydrogen-bond acceptors (Lipinski definition) is 7. The molecule has 0 radical (unpaired) electrons. The third-order valence-electron chi connectivity index (χ3n) is 6.34. The highest BCUT2D eigenvalue weighted by molar-refractivity contribution is 6.25. The Balaban J connectivity index is 1.55. The zero-order valence-electron chi connectivity index (χ0n) is 19.4. The molecule has 2 aliphatic heterocycles. The number of carbonyl (C=O) groups is 3. The monoisotopic (exact) mass is 487 g/mol. The smallest absolute Gasteiger partial charge is 0.270 e. The number of imide groups is 1. The number of fused-ring (bicyclic) bond motifs is 1. The van der Waals surface area contributed by atoms with Gasteiger partial charge in [0.1, 0.15) is 17.5 Å². The van der Waals surface area contributed by atoms with Gasteiger partial charge in [0.15, 0.2) is 0 Å². The topological polar surface area (TPSA) is 119 Å². The van der Waals surface area contributed by atoms with Crippen molar-refractivity contribution in [2.24, 2.45) is 0 Å². The fraction of sp³-hybridized carbons (Fsp3) is 0.192. The quantitative estimate of drug-likeness (QED) is 0.215. The van der Waals surface area contributed by atoms with Crippen molar-refractivity contribution in [3.63, 3.8) is 0 Å². The molecule has 2 aliphatic rings. The molecule has 1 saturated heterocycles.